The van der Waals surface area contributed by atoms with Gasteiger partial charge in [-0.25, -0.2) is 0 Å². The molecule has 1 saturated heterocycles. The first-order valence-electron chi connectivity index (χ1n) is 6.29. The van der Waals surface area contributed by atoms with Crippen molar-refractivity contribution in [2.24, 2.45) is 0 Å². The average Bonchev–Trinajstić information content (AvgIpc) is 2.82. The summed E-state index contributed by atoms with van der Waals surface area (Å²) in [5.41, 5.74) is 1.81. The summed E-state index contributed by atoms with van der Waals surface area (Å²) in [6, 6.07) is 15.1. The lowest BCUT2D eigenvalue weighted by Crippen LogP contribution is -2.11. The van der Waals surface area contributed by atoms with E-state index in [1.807, 2.05) is 36.4 Å². The first-order chi connectivity index (χ1) is 9.65. The standard InChI is InChI=1S/C16H13Cl2O2/c1-10-15(13-8-7-12(17)9-14(13)18)20-16(19-10)11-5-3-2-4-6-11/h2-10,15-16H,1H2/t10-,15+,16?/m0/s1. The van der Waals surface area contributed by atoms with Crippen molar-refractivity contribution in [1.82, 2.24) is 0 Å². The van der Waals surface area contributed by atoms with E-state index in [-0.39, 0.29) is 12.2 Å². The fraction of sp³-hybridized carbons (Fsp3) is 0.188. The van der Waals surface area contributed by atoms with Crippen LogP contribution in [0.5, 0.6) is 0 Å². The molecule has 20 heavy (non-hydrogen) atoms. The largest absolute Gasteiger partial charge is 0.342 e. The number of halogens is 2. The highest BCUT2D eigenvalue weighted by molar-refractivity contribution is 6.35. The van der Waals surface area contributed by atoms with Gasteiger partial charge in [0, 0.05) is 21.2 Å². The molecule has 0 saturated carbocycles. The van der Waals surface area contributed by atoms with Crippen LogP contribution in [0.25, 0.3) is 0 Å². The zero-order chi connectivity index (χ0) is 14.1. The molecule has 1 radical (unpaired) electrons. The van der Waals surface area contributed by atoms with Gasteiger partial charge < -0.3 is 9.47 Å². The van der Waals surface area contributed by atoms with Crippen molar-refractivity contribution in [3.05, 3.63) is 76.6 Å². The van der Waals surface area contributed by atoms with Crippen LogP contribution in [-0.2, 0) is 9.47 Å². The lowest BCUT2D eigenvalue weighted by molar-refractivity contribution is -0.0657. The van der Waals surface area contributed by atoms with Crippen molar-refractivity contribution >= 4 is 23.2 Å². The van der Waals surface area contributed by atoms with Crippen molar-refractivity contribution in [2.45, 2.75) is 18.5 Å². The maximum absolute atomic E-state index is 6.22. The monoisotopic (exact) mass is 307 g/mol. The second-order valence-electron chi connectivity index (χ2n) is 4.64. The summed E-state index contributed by atoms with van der Waals surface area (Å²) < 4.78 is 11.7. The van der Waals surface area contributed by atoms with E-state index in [1.54, 1.807) is 12.1 Å². The Morgan fingerprint density at radius 3 is 2.40 bits per heavy atom. The molecule has 0 aliphatic carbocycles. The third kappa shape index (κ3) is 2.70. The van der Waals surface area contributed by atoms with E-state index in [9.17, 15) is 0 Å². The Morgan fingerprint density at radius 2 is 1.70 bits per heavy atom. The Labute approximate surface area is 128 Å². The number of hydrogen-bond donors (Lipinski definition) is 0. The molecule has 3 rings (SSSR count). The van der Waals surface area contributed by atoms with Gasteiger partial charge >= 0.3 is 0 Å². The van der Waals surface area contributed by atoms with Crippen LogP contribution < -0.4 is 0 Å². The van der Waals surface area contributed by atoms with Crippen LogP contribution in [0.15, 0.2) is 48.5 Å². The topological polar surface area (TPSA) is 18.5 Å². The molecule has 0 amide bonds. The molecular formula is C16H13Cl2O2. The molecule has 3 atom stereocenters. The molecule has 2 nitrogen and oxygen atoms in total. The summed E-state index contributed by atoms with van der Waals surface area (Å²) in [6.07, 6.45) is -1.04. The van der Waals surface area contributed by atoms with Gasteiger partial charge in [0.1, 0.15) is 6.10 Å². The van der Waals surface area contributed by atoms with Gasteiger partial charge in [-0.3, -0.25) is 0 Å². The lowest BCUT2D eigenvalue weighted by atomic mass is 10.1. The van der Waals surface area contributed by atoms with Gasteiger partial charge in [0.05, 0.1) is 6.10 Å². The fourth-order valence-corrected chi connectivity index (χ4v) is 2.77. The summed E-state index contributed by atoms with van der Waals surface area (Å²) in [5.74, 6) is 0. The van der Waals surface area contributed by atoms with Gasteiger partial charge in [0.2, 0.25) is 0 Å². The third-order valence-corrected chi connectivity index (χ3v) is 3.81. The smallest absolute Gasteiger partial charge is 0.185 e. The SMILES string of the molecule is [CH2][C@@H]1OC(c2ccccc2)O[C@H]1c1ccc(Cl)cc1Cl. The van der Waals surface area contributed by atoms with E-state index in [2.05, 4.69) is 6.92 Å². The highest BCUT2D eigenvalue weighted by Crippen LogP contribution is 2.42. The molecule has 2 aromatic carbocycles. The number of rotatable bonds is 2. The van der Waals surface area contributed by atoms with Crippen molar-refractivity contribution in [3.8, 4) is 0 Å². The highest BCUT2D eigenvalue weighted by Gasteiger charge is 2.36. The van der Waals surface area contributed by atoms with Crippen molar-refractivity contribution < 1.29 is 9.47 Å². The molecule has 0 spiro atoms. The van der Waals surface area contributed by atoms with Gasteiger partial charge in [0.25, 0.3) is 0 Å². The minimum Gasteiger partial charge on any atom is -0.342 e. The van der Waals surface area contributed by atoms with E-state index in [0.717, 1.165) is 11.1 Å². The fourth-order valence-electron chi connectivity index (χ4n) is 2.26. The van der Waals surface area contributed by atoms with Crippen LogP contribution >= 0.6 is 23.2 Å². The molecule has 2 aromatic rings. The van der Waals surface area contributed by atoms with Gasteiger partial charge in [-0.05, 0) is 19.1 Å². The molecule has 1 unspecified atom stereocenters. The molecule has 0 aromatic heterocycles. The summed E-state index contributed by atoms with van der Waals surface area (Å²) in [5, 5.41) is 1.16. The minimum absolute atomic E-state index is 0.301. The molecule has 1 heterocycles. The van der Waals surface area contributed by atoms with Gasteiger partial charge in [-0.2, -0.15) is 0 Å². The summed E-state index contributed by atoms with van der Waals surface area (Å²) >= 11 is 12.1. The Hall–Kier alpha value is -1.06. The Kier molecular flexibility index (Phi) is 3.99. The second-order valence-corrected chi connectivity index (χ2v) is 5.48. The minimum atomic E-state index is -0.421. The summed E-state index contributed by atoms with van der Waals surface area (Å²) in [7, 11) is 0. The van der Waals surface area contributed by atoms with E-state index in [0.29, 0.717) is 10.0 Å². The zero-order valence-corrected chi connectivity index (χ0v) is 12.1. The van der Waals surface area contributed by atoms with Crippen molar-refractivity contribution in [2.75, 3.05) is 0 Å². The molecule has 0 bridgehead atoms. The first-order valence-corrected chi connectivity index (χ1v) is 7.04. The molecule has 1 aliphatic heterocycles. The Morgan fingerprint density at radius 1 is 0.950 bits per heavy atom. The normalized spacial score (nSPS) is 25.9. The maximum atomic E-state index is 6.22. The second kappa shape index (κ2) is 5.74. The average molecular weight is 308 g/mol. The molecule has 1 aliphatic rings. The van der Waals surface area contributed by atoms with Crippen LogP contribution in [0.1, 0.15) is 23.5 Å². The van der Waals surface area contributed by atoms with Crippen LogP contribution in [0.2, 0.25) is 10.0 Å². The van der Waals surface area contributed by atoms with Crippen molar-refractivity contribution in [1.29, 1.82) is 0 Å². The number of hydrogen-bond acceptors (Lipinski definition) is 2. The molecule has 4 heteroatoms. The van der Waals surface area contributed by atoms with Crippen LogP contribution in [-0.4, -0.2) is 6.10 Å². The molecular weight excluding hydrogens is 295 g/mol. The quantitative estimate of drug-likeness (QED) is 0.778. The molecule has 103 valence electrons. The van der Waals surface area contributed by atoms with Gasteiger partial charge in [-0.15, -0.1) is 0 Å². The summed E-state index contributed by atoms with van der Waals surface area (Å²) in [6.45, 7) is 4.00. The Bertz CT molecular complexity index is 601. The number of benzene rings is 2. The maximum Gasteiger partial charge on any atom is 0.185 e. The van der Waals surface area contributed by atoms with Gasteiger partial charge in [-0.1, -0.05) is 59.6 Å². The molecule has 0 N–H and O–H groups in total. The van der Waals surface area contributed by atoms with Crippen molar-refractivity contribution in [3.63, 3.8) is 0 Å². The predicted octanol–water partition coefficient (Wildman–Crippen LogP) is 4.98. The van der Waals surface area contributed by atoms with E-state index in [4.69, 9.17) is 32.7 Å². The van der Waals surface area contributed by atoms with Crippen LogP contribution in [0.4, 0.5) is 0 Å². The predicted molar refractivity (Wildman–Crippen MR) is 79.7 cm³/mol. The first kappa shape index (κ1) is 13.9. The third-order valence-electron chi connectivity index (χ3n) is 3.25. The zero-order valence-electron chi connectivity index (χ0n) is 10.6. The van der Waals surface area contributed by atoms with Gasteiger partial charge in [0.15, 0.2) is 6.29 Å². The molecule has 1 fully saturated rings. The highest BCUT2D eigenvalue weighted by atomic mass is 35.5. The van der Waals surface area contributed by atoms with E-state index >= 15 is 0 Å². The van der Waals surface area contributed by atoms with E-state index in [1.165, 1.54) is 0 Å². The lowest BCUT2D eigenvalue weighted by Gasteiger charge is -2.15. The summed E-state index contributed by atoms with van der Waals surface area (Å²) in [4.78, 5) is 0. The van der Waals surface area contributed by atoms with Crippen LogP contribution in [0.3, 0.4) is 0 Å². The van der Waals surface area contributed by atoms with E-state index < -0.39 is 6.29 Å². The number of ether oxygens (including phenoxy) is 2. The Balaban J connectivity index is 1.85. The van der Waals surface area contributed by atoms with Crippen LogP contribution in [0, 0.1) is 6.92 Å².